The van der Waals surface area contributed by atoms with Gasteiger partial charge in [-0.25, -0.2) is 9.97 Å². The van der Waals surface area contributed by atoms with Gasteiger partial charge in [0.2, 0.25) is 11.9 Å². The van der Waals surface area contributed by atoms with E-state index in [1.54, 1.807) is 6.07 Å². The molecule has 1 aromatic carbocycles. The van der Waals surface area contributed by atoms with Crippen LogP contribution < -0.4 is 10.6 Å². The number of fused-ring (bicyclic) bond motifs is 5. The quantitative estimate of drug-likeness (QED) is 0.935. The minimum absolute atomic E-state index is 0.398. The van der Waals surface area contributed by atoms with E-state index in [2.05, 4.69) is 11.8 Å². The van der Waals surface area contributed by atoms with Gasteiger partial charge in [-0.3, -0.25) is 4.79 Å². The molecule has 5 rings (SSSR count). The third-order valence-corrected chi connectivity index (χ3v) is 6.19. The summed E-state index contributed by atoms with van der Waals surface area (Å²) in [6.45, 7) is 3.24. The zero-order chi connectivity index (χ0) is 17.1. The molecule has 5 heteroatoms. The molecule has 1 amide bonds. The number of carbonyl (C=O) groups excluding carboxylic acids is 1. The number of hydrogen-bond acceptors (Lipinski definition) is 4. The number of nitrogens with zero attached hydrogens (tertiary/aromatic N) is 3. The molecule has 3 aliphatic rings. The summed E-state index contributed by atoms with van der Waals surface area (Å²) in [6, 6.07) is 8.06. The van der Waals surface area contributed by atoms with Crippen LogP contribution in [0.3, 0.4) is 0 Å². The standard InChI is InChI=1S/C20H22N4O/c1-11-7-8-24(11)20-22-17(13-3-2-4-15(10-13)19(21)25)16-12-5-6-14(9-12)18(16)23-20/h2-4,10-12,14H,5-9H2,1H3,(H2,21,25)/t11-,12+,14-/m0/s1. The Morgan fingerprint density at radius 1 is 1.20 bits per heavy atom. The molecule has 5 nitrogen and oxygen atoms in total. The topological polar surface area (TPSA) is 72.1 Å². The maximum Gasteiger partial charge on any atom is 0.248 e. The molecule has 1 aromatic heterocycles. The number of aromatic nitrogens is 2. The van der Waals surface area contributed by atoms with Crippen molar-refractivity contribution in [1.29, 1.82) is 0 Å². The van der Waals surface area contributed by atoms with Crippen molar-refractivity contribution in [2.75, 3.05) is 11.4 Å². The molecule has 25 heavy (non-hydrogen) atoms. The van der Waals surface area contributed by atoms with Gasteiger partial charge in [-0.2, -0.15) is 0 Å². The molecule has 3 atom stereocenters. The molecule has 0 radical (unpaired) electrons. The molecule has 2 bridgehead atoms. The highest BCUT2D eigenvalue weighted by Crippen LogP contribution is 2.55. The number of anilines is 1. The summed E-state index contributed by atoms with van der Waals surface area (Å²) < 4.78 is 0. The largest absolute Gasteiger partial charge is 0.366 e. The van der Waals surface area contributed by atoms with Gasteiger partial charge in [0.25, 0.3) is 0 Å². The second-order valence-corrected chi connectivity index (χ2v) is 7.65. The first kappa shape index (κ1) is 14.9. The van der Waals surface area contributed by atoms with Crippen LogP contribution in [-0.4, -0.2) is 28.5 Å². The van der Waals surface area contributed by atoms with E-state index in [9.17, 15) is 4.79 Å². The van der Waals surface area contributed by atoms with E-state index in [4.69, 9.17) is 15.7 Å². The summed E-state index contributed by atoms with van der Waals surface area (Å²) in [5.41, 5.74) is 10.6. The average Bonchev–Trinajstić information content (AvgIpc) is 3.22. The van der Waals surface area contributed by atoms with Gasteiger partial charge in [-0.1, -0.05) is 12.1 Å². The summed E-state index contributed by atoms with van der Waals surface area (Å²) in [5.74, 6) is 1.60. The Bertz CT molecular complexity index is 878. The molecule has 0 unspecified atom stereocenters. The number of hydrogen-bond donors (Lipinski definition) is 1. The predicted molar refractivity (Wildman–Crippen MR) is 96.7 cm³/mol. The third-order valence-electron chi connectivity index (χ3n) is 6.19. The molecule has 2 aromatic rings. The van der Waals surface area contributed by atoms with Crippen molar-refractivity contribution in [3.63, 3.8) is 0 Å². The maximum absolute atomic E-state index is 11.6. The van der Waals surface area contributed by atoms with Gasteiger partial charge < -0.3 is 10.6 Å². The van der Waals surface area contributed by atoms with Gasteiger partial charge in [0.05, 0.1) is 11.4 Å². The molecule has 0 spiro atoms. The summed E-state index contributed by atoms with van der Waals surface area (Å²) in [7, 11) is 0. The smallest absolute Gasteiger partial charge is 0.248 e. The number of primary amides is 1. The van der Waals surface area contributed by atoms with Gasteiger partial charge >= 0.3 is 0 Å². The van der Waals surface area contributed by atoms with Crippen LogP contribution >= 0.6 is 0 Å². The first-order valence-corrected chi connectivity index (χ1v) is 9.20. The SMILES string of the molecule is C[C@H]1CCN1c1nc(-c2cccc(C(N)=O)c2)c2c(n1)[C@H]1CC[C@@H]2C1. The van der Waals surface area contributed by atoms with Crippen LogP contribution in [0, 0.1) is 0 Å². The Labute approximate surface area is 147 Å². The highest BCUT2D eigenvalue weighted by atomic mass is 16.1. The monoisotopic (exact) mass is 334 g/mol. The summed E-state index contributed by atoms with van der Waals surface area (Å²) in [5, 5.41) is 0. The van der Waals surface area contributed by atoms with E-state index in [1.165, 1.54) is 36.9 Å². The van der Waals surface area contributed by atoms with E-state index >= 15 is 0 Å². The molecule has 2 aliphatic carbocycles. The maximum atomic E-state index is 11.6. The molecule has 2 heterocycles. The van der Waals surface area contributed by atoms with Gasteiger partial charge in [0.15, 0.2) is 0 Å². The minimum atomic E-state index is -0.398. The Kier molecular flexibility index (Phi) is 3.14. The Hall–Kier alpha value is -2.43. The molecule has 2 fully saturated rings. The lowest BCUT2D eigenvalue weighted by Crippen LogP contribution is -2.46. The van der Waals surface area contributed by atoms with Crippen molar-refractivity contribution >= 4 is 11.9 Å². The van der Waals surface area contributed by atoms with Crippen molar-refractivity contribution in [2.45, 2.75) is 50.5 Å². The van der Waals surface area contributed by atoms with Gasteiger partial charge in [-0.05, 0) is 50.7 Å². The molecule has 128 valence electrons. The van der Waals surface area contributed by atoms with Crippen LogP contribution in [0.15, 0.2) is 24.3 Å². The van der Waals surface area contributed by atoms with Crippen LogP contribution in [0.2, 0.25) is 0 Å². The number of carbonyl (C=O) groups is 1. The summed E-state index contributed by atoms with van der Waals surface area (Å²) >= 11 is 0. The molecule has 1 saturated carbocycles. The summed E-state index contributed by atoms with van der Waals surface area (Å²) in [4.78, 5) is 23.8. The van der Waals surface area contributed by atoms with Crippen molar-refractivity contribution in [1.82, 2.24) is 9.97 Å². The highest BCUT2D eigenvalue weighted by molar-refractivity contribution is 5.94. The Morgan fingerprint density at radius 3 is 2.76 bits per heavy atom. The second-order valence-electron chi connectivity index (χ2n) is 7.65. The molecule has 1 aliphatic heterocycles. The third kappa shape index (κ3) is 2.18. The van der Waals surface area contributed by atoms with Crippen molar-refractivity contribution in [2.24, 2.45) is 5.73 Å². The first-order chi connectivity index (χ1) is 12.1. The number of nitrogens with two attached hydrogens (primary N) is 1. The van der Waals surface area contributed by atoms with E-state index in [1.807, 2.05) is 18.2 Å². The van der Waals surface area contributed by atoms with Crippen LogP contribution in [0.1, 0.15) is 66.1 Å². The zero-order valence-electron chi connectivity index (χ0n) is 14.4. The lowest BCUT2D eigenvalue weighted by atomic mass is 9.91. The van der Waals surface area contributed by atoms with Crippen molar-refractivity contribution in [3.05, 3.63) is 41.1 Å². The van der Waals surface area contributed by atoms with E-state index in [-0.39, 0.29) is 0 Å². The van der Waals surface area contributed by atoms with Crippen molar-refractivity contribution in [3.8, 4) is 11.3 Å². The number of benzene rings is 1. The lowest BCUT2D eigenvalue weighted by Gasteiger charge is -2.39. The fraction of sp³-hybridized carbons (Fsp3) is 0.450. The van der Waals surface area contributed by atoms with Crippen molar-refractivity contribution < 1.29 is 4.79 Å². The van der Waals surface area contributed by atoms with E-state index in [0.29, 0.717) is 23.4 Å². The van der Waals surface area contributed by atoms with Gasteiger partial charge in [0, 0.05) is 35.2 Å². The second kappa shape index (κ2) is 5.28. The Morgan fingerprint density at radius 2 is 2.04 bits per heavy atom. The normalized spacial score (nSPS) is 26.4. The van der Waals surface area contributed by atoms with E-state index < -0.39 is 5.91 Å². The average molecular weight is 334 g/mol. The molecule has 1 saturated heterocycles. The van der Waals surface area contributed by atoms with Gasteiger partial charge in [0.1, 0.15) is 0 Å². The first-order valence-electron chi connectivity index (χ1n) is 9.20. The van der Waals surface area contributed by atoms with Crippen LogP contribution in [0.4, 0.5) is 5.95 Å². The molecular formula is C20H22N4O. The van der Waals surface area contributed by atoms with Crippen LogP contribution in [-0.2, 0) is 0 Å². The lowest BCUT2D eigenvalue weighted by molar-refractivity contribution is 0.100. The number of amides is 1. The highest BCUT2D eigenvalue weighted by Gasteiger charge is 2.42. The number of rotatable bonds is 3. The fourth-order valence-corrected chi connectivity index (χ4v) is 4.66. The predicted octanol–water partition coefficient (Wildman–Crippen LogP) is 3.21. The minimum Gasteiger partial charge on any atom is -0.366 e. The van der Waals surface area contributed by atoms with Crippen LogP contribution in [0.5, 0.6) is 0 Å². The Balaban J connectivity index is 1.69. The zero-order valence-corrected chi connectivity index (χ0v) is 14.4. The van der Waals surface area contributed by atoms with E-state index in [0.717, 1.165) is 23.8 Å². The van der Waals surface area contributed by atoms with Gasteiger partial charge in [-0.15, -0.1) is 0 Å². The molecule has 2 N–H and O–H groups in total. The summed E-state index contributed by atoms with van der Waals surface area (Å²) in [6.07, 6.45) is 4.86. The molecular weight excluding hydrogens is 312 g/mol. The fourth-order valence-electron chi connectivity index (χ4n) is 4.66. The van der Waals surface area contributed by atoms with Crippen LogP contribution in [0.25, 0.3) is 11.3 Å².